The van der Waals surface area contributed by atoms with E-state index in [4.69, 9.17) is 9.47 Å². The number of ether oxygens (including phenoxy) is 2. The minimum absolute atomic E-state index is 0.255. The molecular weight excluding hydrogens is 294 g/mol. The molecule has 0 aromatic heterocycles. The normalized spacial score (nSPS) is 13.8. The van der Waals surface area contributed by atoms with E-state index in [1.54, 1.807) is 41.7 Å². The number of carbonyl (C=O) groups is 2. The Morgan fingerprint density at radius 2 is 1.65 bits per heavy atom. The van der Waals surface area contributed by atoms with Crippen molar-refractivity contribution in [2.24, 2.45) is 0 Å². The summed E-state index contributed by atoms with van der Waals surface area (Å²) >= 11 is 0. The number of amides is 1. The zero-order valence-corrected chi connectivity index (χ0v) is 14.9. The second-order valence-corrected chi connectivity index (χ2v) is 6.70. The summed E-state index contributed by atoms with van der Waals surface area (Å²) in [6.07, 6.45) is -0.202. The highest BCUT2D eigenvalue weighted by molar-refractivity contribution is 5.85. The van der Waals surface area contributed by atoms with Crippen LogP contribution in [0.25, 0.3) is 0 Å². The average Bonchev–Trinajstić information content (AvgIpc) is 2.45. The fourth-order valence-electron chi connectivity index (χ4n) is 2.14. The standard InChI is InChI=1S/C18H27NO4/c1-7-22-15(20)18(5,13-14-11-9-8-10-12-14)19(6)16(21)23-17(2,3)4/h8-12H,7,13H2,1-6H3. The summed E-state index contributed by atoms with van der Waals surface area (Å²) in [5.41, 5.74) is -0.827. The number of benzene rings is 1. The van der Waals surface area contributed by atoms with Crippen LogP contribution in [0.5, 0.6) is 0 Å². The van der Waals surface area contributed by atoms with Crippen molar-refractivity contribution >= 4 is 12.1 Å². The third kappa shape index (κ3) is 5.27. The molecule has 5 nitrogen and oxygen atoms in total. The van der Waals surface area contributed by atoms with E-state index in [9.17, 15) is 9.59 Å². The van der Waals surface area contributed by atoms with Crippen molar-refractivity contribution in [1.29, 1.82) is 0 Å². The molecule has 0 saturated carbocycles. The summed E-state index contributed by atoms with van der Waals surface area (Å²) in [7, 11) is 1.56. The Balaban J connectivity index is 3.08. The summed E-state index contributed by atoms with van der Waals surface area (Å²) in [6, 6.07) is 9.53. The molecule has 0 aliphatic carbocycles. The fourth-order valence-corrected chi connectivity index (χ4v) is 2.14. The topological polar surface area (TPSA) is 55.8 Å². The van der Waals surface area contributed by atoms with Crippen molar-refractivity contribution in [2.45, 2.75) is 52.2 Å². The SMILES string of the molecule is CCOC(=O)C(C)(Cc1ccccc1)N(C)C(=O)OC(C)(C)C. The molecule has 0 spiro atoms. The van der Waals surface area contributed by atoms with Gasteiger partial charge in [0.2, 0.25) is 0 Å². The van der Waals surface area contributed by atoms with Crippen LogP contribution in [0.3, 0.4) is 0 Å². The quantitative estimate of drug-likeness (QED) is 0.780. The molecule has 0 N–H and O–H groups in total. The minimum atomic E-state index is -1.14. The second-order valence-electron chi connectivity index (χ2n) is 6.70. The van der Waals surface area contributed by atoms with Gasteiger partial charge in [-0.3, -0.25) is 4.90 Å². The Bertz CT molecular complexity index is 536. The third-order valence-electron chi connectivity index (χ3n) is 3.51. The van der Waals surface area contributed by atoms with Gasteiger partial charge >= 0.3 is 12.1 Å². The zero-order valence-electron chi connectivity index (χ0n) is 14.9. The van der Waals surface area contributed by atoms with Crippen LogP contribution in [0.1, 0.15) is 40.2 Å². The van der Waals surface area contributed by atoms with Crippen molar-refractivity contribution in [1.82, 2.24) is 4.90 Å². The predicted octanol–water partition coefficient (Wildman–Crippen LogP) is 3.42. The largest absolute Gasteiger partial charge is 0.464 e. The molecule has 23 heavy (non-hydrogen) atoms. The van der Waals surface area contributed by atoms with Gasteiger partial charge in [-0.1, -0.05) is 30.3 Å². The second kappa shape index (κ2) is 7.49. The van der Waals surface area contributed by atoms with Gasteiger partial charge in [0.25, 0.3) is 0 Å². The summed E-state index contributed by atoms with van der Waals surface area (Å²) in [5.74, 6) is -0.447. The van der Waals surface area contributed by atoms with E-state index in [1.807, 2.05) is 30.3 Å². The van der Waals surface area contributed by atoms with E-state index in [-0.39, 0.29) is 6.61 Å². The highest BCUT2D eigenvalue weighted by atomic mass is 16.6. The van der Waals surface area contributed by atoms with Crippen molar-refractivity contribution < 1.29 is 19.1 Å². The number of hydrogen-bond acceptors (Lipinski definition) is 4. The Labute approximate surface area is 138 Å². The van der Waals surface area contributed by atoms with Crippen LogP contribution in [0.4, 0.5) is 4.79 Å². The van der Waals surface area contributed by atoms with Gasteiger partial charge < -0.3 is 9.47 Å². The van der Waals surface area contributed by atoms with Crippen LogP contribution in [-0.4, -0.2) is 41.8 Å². The summed E-state index contributed by atoms with van der Waals surface area (Å²) in [5, 5.41) is 0. The summed E-state index contributed by atoms with van der Waals surface area (Å²) < 4.78 is 10.6. The molecule has 0 bridgehead atoms. The van der Waals surface area contributed by atoms with Gasteiger partial charge in [0.05, 0.1) is 6.61 Å². The van der Waals surface area contributed by atoms with Crippen LogP contribution in [0.2, 0.25) is 0 Å². The smallest absolute Gasteiger partial charge is 0.410 e. The molecule has 0 saturated heterocycles. The number of hydrogen-bond donors (Lipinski definition) is 0. The molecule has 1 amide bonds. The van der Waals surface area contributed by atoms with Gasteiger partial charge in [-0.25, -0.2) is 9.59 Å². The number of nitrogens with zero attached hydrogens (tertiary/aromatic N) is 1. The first-order chi connectivity index (χ1) is 10.6. The molecule has 1 aromatic carbocycles. The Kier molecular flexibility index (Phi) is 6.19. The monoisotopic (exact) mass is 321 g/mol. The van der Waals surface area contributed by atoms with Gasteiger partial charge in [-0.05, 0) is 40.2 Å². The van der Waals surface area contributed by atoms with Crippen LogP contribution < -0.4 is 0 Å². The molecule has 5 heteroatoms. The maximum absolute atomic E-state index is 12.5. The van der Waals surface area contributed by atoms with Gasteiger partial charge in [0, 0.05) is 13.5 Å². The van der Waals surface area contributed by atoms with E-state index >= 15 is 0 Å². The van der Waals surface area contributed by atoms with Gasteiger partial charge in [-0.15, -0.1) is 0 Å². The molecule has 0 aliphatic rings. The fraction of sp³-hybridized carbons (Fsp3) is 0.556. The van der Waals surface area contributed by atoms with E-state index < -0.39 is 23.2 Å². The lowest BCUT2D eigenvalue weighted by Gasteiger charge is -2.37. The Hall–Kier alpha value is -2.04. The van der Waals surface area contributed by atoms with E-state index in [2.05, 4.69) is 0 Å². The first-order valence-corrected chi connectivity index (χ1v) is 7.78. The maximum Gasteiger partial charge on any atom is 0.410 e. The van der Waals surface area contributed by atoms with Gasteiger partial charge in [0.15, 0.2) is 0 Å². The molecular formula is C18H27NO4. The highest BCUT2D eigenvalue weighted by Gasteiger charge is 2.43. The third-order valence-corrected chi connectivity index (χ3v) is 3.51. The minimum Gasteiger partial charge on any atom is -0.464 e. The molecule has 0 radical (unpaired) electrons. The van der Waals surface area contributed by atoms with Gasteiger partial charge in [-0.2, -0.15) is 0 Å². The summed E-state index contributed by atoms with van der Waals surface area (Å²) in [6.45, 7) is 9.06. The average molecular weight is 321 g/mol. The Morgan fingerprint density at radius 3 is 2.13 bits per heavy atom. The molecule has 1 aromatic rings. The number of esters is 1. The van der Waals surface area contributed by atoms with E-state index in [0.717, 1.165) is 5.56 Å². The summed E-state index contributed by atoms with van der Waals surface area (Å²) in [4.78, 5) is 26.2. The molecule has 1 rings (SSSR count). The van der Waals surface area contributed by atoms with Crippen LogP contribution in [-0.2, 0) is 20.7 Å². The first-order valence-electron chi connectivity index (χ1n) is 7.78. The van der Waals surface area contributed by atoms with E-state index in [1.165, 1.54) is 4.90 Å². The lowest BCUT2D eigenvalue weighted by molar-refractivity contribution is -0.155. The molecule has 0 heterocycles. The number of rotatable bonds is 5. The predicted molar refractivity (Wildman–Crippen MR) is 89.2 cm³/mol. The van der Waals surface area contributed by atoms with Crippen molar-refractivity contribution in [3.63, 3.8) is 0 Å². The number of carbonyl (C=O) groups excluding carboxylic acids is 2. The van der Waals surface area contributed by atoms with Gasteiger partial charge in [0.1, 0.15) is 11.1 Å². The lowest BCUT2D eigenvalue weighted by Crippen LogP contribution is -2.56. The first kappa shape index (κ1) is 19.0. The Morgan fingerprint density at radius 1 is 1.09 bits per heavy atom. The number of likely N-dealkylation sites (N-methyl/N-ethyl adjacent to an activating group) is 1. The van der Waals surface area contributed by atoms with Crippen LogP contribution in [0.15, 0.2) is 30.3 Å². The zero-order chi connectivity index (χ0) is 17.7. The maximum atomic E-state index is 12.5. The van der Waals surface area contributed by atoms with Crippen molar-refractivity contribution in [2.75, 3.05) is 13.7 Å². The molecule has 1 unspecified atom stereocenters. The van der Waals surface area contributed by atoms with Crippen molar-refractivity contribution in [3.8, 4) is 0 Å². The highest BCUT2D eigenvalue weighted by Crippen LogP contribution is 2.24. The molecule has 0 aliphatic heterocycles. The van der Waals surface area contributed by atoms with Crippen LogP contribution >= 0.6 is 0 Å². The van der Waals surface area contributed by atoms with E-state index in [0.29, 0.717) is 6.42 Å². The molecule has 1 atom stereocenters. The lowest BCUT2D eigenvalue weighted by atomic mass is 9.91. The van der Waals surface area contributed by atoms with Crippen molar-refractivity contribution in [3.05, 3.63) is 35.9 Å². The molecule has 128 valence electrons. The van der Waals surface area contributed by atoms with Crippen LogP contribution in [0, 0.1) is 0 Å². The molecule has 0 fully saturated rings.